The fourth-order valence-electron chi connectivity index (χ4n) is 4.15. The minimum absolute atomic E-state index is 0.343. The molecule has 0 saturated carbocycles. The first-order chi connectivity index (χ1) is 14.7. The highest BCUT2D eigenvalue weighted by atomic mass is 16.5. The lowest BCUT2D eigenvalue weighted by molar-refractivity contribution is 0.0600. The van der Waals surface area contributed by atoms with Crippen LogP contribution in [0, 0.1) is 0 Å². The fraction of sp³-hybridized carbons (Fsp3) is 0.174. The molecule has 0 unspecified atom stereocenters. The van der Waals surface area contributed by atoms with Crippen molar-refractivity contribution in [3.8, 4) is 5.69 Å². The average Bonchev–Trinajstić information content (AvgIpc) is 3.12. The molecule has 3 heterocycles. The summed E-state index contributed by atoms with van der Waals surface area (Å²) in [6.07, 6.45) is 3.86. The minimum Gasteiger partial charge on any atom is -0.465 e. The standard InChI is InChI=1S/C23H21N5O2/c1-30-22(29)15-12-25-23(26-13-15)27-11-10-20-17(14-27)16-6-2-4-8-19(16)28(20)21-9-5-3-7-18(21)24/h2-9,12-13H,10-11,14,24H2,1H3. The number of hydrogen-bond acceptors (Lipinski definition) is 6. The number of nitrogens with two attached hydrogens (primary N) is 1. The molecule has 0 fully saturated rings. The number of esters is 1. The lowest BCUT2D eigenvalue weighted by atomic mass is 10.0. The molecule has 2 N–H and O–H groups in total. The Hall–Kier alpha value is -3.87. The van der Waals surface area contributed by atoms with Gasteiger partial charge in [-0.05, 0) is 18.2 Å². The molecule has 0 atom stereocenters. The molecule has 7 heteroatoms. The molecule has 0 bridgehead atoms. The maximum atomic E-state index is 11.6. The Kier molecular flexibility index (Phi) is 4.35. The topological polar surface area (TPSA) is 86.3 Å². The van der Waals surface area contributed by atoms with Gasteiger partial charge in [-0.2, -0.15) is 0 Å². The van der Waals surface area contributed by atoms with Crippen molar-refractivity contribution >= 4 is 28.5 Å². The van der Waals surface area contributed by atoms with Gasteiger partial charge in [0, 0.05) is 48.5 Å². The number of ether oxygens (including phenoxy) is 1. The summed E-state index contributed by atoms with van der Waals surface area (Å²) in [6.45, 7) is 1.46. The van der Waals surface area contributed by atoms with Gasteiger partial charge in [0.2, 0.25) is 5.95 Å². The van der Waals surface area contributed by atoms with Crippen LogP contribution in [0.3, 0.4) is 0 Å². The van der Waals surface area contributed by atoms with Crippen molar-refractivity contribution in [2.45, 2.75) is 13.0 Å². The van der Waals surface area contributed by atoms with E-state index in [1.807, 2.05) is 18.2 Å². The van der Waals surface area contributed by atoms with Crippen LogP contribution in [0.5, 0.6) is 0 Å². The highest BCUT2D eigenvalue weighted by Crippen LogP contribution is 2.35. The molecule has 4 aromatic rings. The first kappa shape index (κ1) is 18.2. The van der Waals surface area contributed by atoms with Crippen LogP contribution >= 0.6 is 0 Å². The normalized spacial score (nSPS) is 13.3. The number of carbonyl (C=O) groups is 1. The molecule has 2 aromatic carbocycles. The summed E-state index contributed by atoms with van der Waals surface area (Å²) in [5, 5.41) is 1.20. The fourth-order valence-corrected chi connectivity index (χ4v) is 4.15. The molecule has 30 heavy (non-hydrogen) atoms. The third kappa shape index (κ3) is 2.86. The van der Waals surface area contributed by atoms with Gasteiger partial charge in [0.15, 0.2) is 0 Å². The molecule has 0 saturated heterocycles. The van der Waals surface area contributed by atoms with Crippen molar-refractivity contribution < 1.29 is 9.53 Å². The number of carbonyl (C=O) groups excluding carboxylic acids is 1. The molecular weight excluding hydrogens is 378 g/mol. The zero-order valence-corrected chi connectivity index (χ0v) is 16.6. The van der Waals surface area contributed by atoms with Crippen LogP contribution in [0.15, 0.2) is 60.9 Å². The predicted molar refractivity (Wildman–Crippen MR) is 116 cm³/mol. The number of aromatic nitrogens is 3. The molecule has 1 aliphatic rings. The van der Waals surface area contributed by atoms with E-state index in [0.717, 1.165) is 29.9 Å². The summed E-state index contributed by atoms with van der Waals surface area (Å²) in [7, 11) is 1.34. The summed E-state index contributed by atoms with van der Waals surface area (Å²) in [5.74, 6) is 0.162. The van der Waals surface area contributed by atoms with Crippen molar-refractivity contribution in [2.24, 2.45) is 0 Å². The van der Waals surface area contributed by atoms with Gasteiger partial charge in [0.05, 0.1) is 29.6 Å². The van der Waals surface area contributed by atoms with Crippen molar-refractivity contribution in [2.75, 3.05) is 24.3 Å². The Bertz CT molecular complexity index is 1250. The summed E-state index contributed by atoms with van der Waals surface area (Å²) < 4.78 is 7.00. The van der Waals surface area contributed by atoms with Crippen LogP contribution in [-0.4, -0.2) is 34.2 Å². The molecule has 0 amide bonds. The van der Waals surface area contributed by atoms with Gasteiger partial charge in [0.25, 0.3) is 0 Å². The third-order valence-corrected chi connectivity index (χ3v) is 5.58. The Balaban J connectivity index is 1.57. The molecule has 150 valence electrons. The molecular formula is C23H21N5O2. The highest BCUT2D eigenvalue weighted by Gasteiger charge is 2.26. The number of anilines is 2. The third-order valence-electron chi connectivity index (χ3n) is 5.58. The van der Waals surface area contributed by atoms with Gasteiger partial charge in [-0.1, -0.05) is 30.3 Å². The number of fused-ring (bicyclic) bond motifs is 3. The number of methoxy groups -OCH3 is 1. The molecule has 2 aromatic heterocycles. The van der Waals surface area contributed by atoms with Crippen molar-refractivity contribution in [3.05, 3.63) is 77.7 Å². The summed E-state index contributed by atoms with van der Waals surface area (Å²) in [4.78, 5) is 22.6. The van der Waals surface area contributed by atoms with Gasteiger partial charge < -0.3 is 19.9 Å². The van der Waals surface area contributed by atoms with Crippen molar-refractivity contribution in [1.82, 2.24) is 14.5 Å². The van der Waals surface area contributed by atoms with E-state index in [1.54, 1.807) is 0 Å². The number of rotatable bonds is 3. The second-order valence-electron chi connectivity index (χ2n) is 7.27. The number of nitrogens with zero attached hydrogens (tertiary/aromatic N) is 4. The van der Waals surface area contributed by atoms with Gasteiger partial charge in [-0.3, -0.25) is 0 Å². The maximum Gasteiger partial charge on any atom is 0.341 e. The maximum absolute atomic E-state index is 11.6. The van der Waals surface area contributed by atoms with Crippen LogP contribution in [0.4, 0.5) is 11.6 Å². The lowest BCUT2D eigenvalue weighted by Gasteiger charge is -2.28. The van der Waals surface area contributed by atoms with Crippen LogP contribution in [-0.2, 0) is 17.7 Å². The second-order valence-corrected chi connectivity index (χ2v) is 7.27. The molecule has 0 aliphatic carbocycles. The number of para-hydroxylation sites is 3. The first-order valence-electron chi connectivity index (χ1n) is 9.78. The van der Waals surface area contributed by atoms with Gasteiger partial charge >= 0.3 is 5.97 Å². The van der Waals surface area contributed by atoms with Gasteiger partial charge in [0.1, 0.15) is 0 Å². The zero-order chi connectivity index (χ0) is 20.7. The summed E-state index contributed by atoms with van der Waals surface area (Å²) >= 11 is 0. The Morgan fingerprint density at radius 2 is 1.80 bits per heavy atom. The van der Waals surface area contributed by atoms with Crippen LogP contribution < -0.4 is 10.6 Å². The highest BCUT2D eigenvalue weighted by molar-refractivity contribution is 5.89. The molecule has 1 aliphatic heterocycles. The molecule has 0 spiro atoms. The summed E-state index contributed by atoms with van der Waals surface area (Å²) in [5.41, 5.74) is 12.1. The largest absolute Gasteiger partial charge is 0.465 e. The minimum atomic E-state index is -0.439. The predicted octanol–water partition coefficient (Wildman–Crippen LogP) is 3.35. The SMILES string of the molecule is COC(=O)c1cnc(N2CCc3c(c4ccccc4n3-c3ccccc3N)C2)nc1. The smallest absolute Gasteiger partial charge is 0.341 e. The second kappa shape index (κ2) is 7.18. The molecule has 5 rings (SSSR count). The van der Waals surface area contributed by atoms with E-state index in [9.17, 15) is 4.79 Å². The van der Waals surface area contributed by atoms with Crippen LogP contribution in [0.1, 0.15) is 21.6 Å². The first-order valence-corrected chi connectivity index (χ1v) is 9.78. The number of benzene rings is 2. The quantitative estimate of drug-likeness (QED) is 0.420. The average molecular weight is 399 g/mol. The number of hydrogen-bond donors (Lipinski definition) is 1. The van der Waals surface area contributed by atoms with Crippen LogP contribution in [0.25, 0.3) is 16.6 Å². The van der Waals surface area contributed by atoms with E-state index in [2.05, 4.69) is 49.8 Å². The van der Waals surface area contributed by atoms with E-state index in [4.69, 9.17) is 10.5 Å². The Labute approximate surface area is 173 Å². The lowest BCUT2D eigenvalue weighted by Crippen LogP contribution is -2.32. The summed E-state index contributed by atoms with van der Waals surface area (Å²) in [6, 6.07) is 16.3. The van der Waals surface area contributed by atoms with E-state index >= 15 is 0 Å². The molecule has 7 nitrogen and oxygen atoms in total. The Morgan fingerprint density at radius 3 is 2.57 bits per heavy atom. The zero-order valence-electron chi connectivity index (χ0n) is 16.6. The van der Waals surface area contributed by atoms with Crippen LogP contribution in [0.2, 0.25) is 0 Å². The van der Waals surface area contributed by atoms with E-state index < -0.39 is 5.97 Å². The van der Waals surface area contributed by atoms with Crippen molar-refractivity contribution in [3.63, 3.8) is 0 Å². The van der Waals surface area contributed by atoms with E-state index in [1.165, 1.54) is 36.1 Å². The Morgan fingerprint density at radius 1 is 1.07 bits per heavy atom. The van der Waals surface area contributed by atoms with E-state index in [-0.39, 0.29) is 0 Å². The van der Waals surface area contributed by atoms with Gasteiger partial charge in [-0.25, -0.2) is 14.8 Å². The monoisotopic (exact) mass is 399 g/mol. The van der Waals surface area contributed by atoms with Crippen molar-refractivity contribution in [1.29, 1.82) is 0 Å². The molecule has 0 radical (unpaired) electrons. The number of nitrogen functional groups attached to an aromatic ring is 1. The van der Waals surface area contributed by atoms with E-state index in [0.29, 0.717) is 18.1 Å². The van der Waals surface area contributed by atoms with Gasteiger partial charge in [-0.15, -0.1) is 0 Å².